The Bertz CT molecular complexity index is 416. The van der Waals surface area contributed by atoms with E-state index in [0.717, 1.165) is 38.3 Å². The summed E-state index contributed by atoms with van der Waals surface area (Å²) in [4.78, 5) is 26.0. The highest BCUT2D eigenvalue weighted by atomic mass is 16.2. The highest BCUT2D eigenvalue weighted by molar-refractivity contribution is 5.75. The first-order chi connectivity index (χ1) is 11.7. The SMILES string of the molecule is CCC1CCCCC1CNC(=O)N1CCCCC1CNC(=O)NC. The lowest BCUT2D eigenvalue weighted by atomic mass is 9.78. The minimum Gasteiger partial charge on any atom is -0.341 e. The van der Waals surface area contributed by atoms with Crippen molar-refractivity contribution in [2.75, 3.05) is 26.7 Å². The summed E-state index contributed by atoms with van der Waals surface area (Å²) in [5, 5.41) is 8.57. The second-order valence-corrected chi connectivity index (χ2v) is 7.20. The number of hydrogen-bond acceptors (Lipinski definition) is 2. The van der Waals surface area contributed by atoms with Gasteiger partial charge in [-0.25, -0.2) is 9.59 Å². The van der Waals surface area contributed by atoms with Gasteiger partial charge in [0.25, 0.3) is 0 Å². The second kappa shape index (κ2) is 9.74. The van der Waals surface area contributed by atoms with Crippen LogP contribution in [0.1, 0.15) is 58.3 Å². The number of piperidine rings is 1. The number of hydrogen-bond donors (Lipinski definition) is 3. The first-order valence-corrected chi connectivity index (χ1v) is 9.65. The van der Waals surface area contributed by atoms with Gasteiger partial charge in [-0.3, -0.25) is 0 Å². The van der Waals surface area contributed by atoms with Crippen molar-refractivity contribution < 1.29 is 9.59 Å². The lowest BCUT2D eigenvalue weighted by Gasteiger charge is -2.37. The van der Waals surface area contributed by atoms with Crippen LogP contribution < -0.4 is 16.0 Å². The predicted molar refractivity (Wildman–Crippen MR) is 95.9 cm³/mol. The van der Waals surface area contributed by atoms with Gasteiger partial charge in [0.15, 0.2) is 0 Å². The molecule has 3 atom stereocenters. The molecule has 1 aliphatic carbocycles. The van der Waals surface area contributed by atoms with Gasteiger partial charge in [-0.1, -0.05) is 32.6 Å². The van der Waals surface area contributed by atoms with Gasteiger partial charge in [-0.05, 0) is 37.5 Å². The van der Waals surface area contributed by atoms with E-state index < -0.39 is 0 Å². The average Bonchev–Trinajstić information content (AvgIpc) is 2.64. The van der Waals surface area contributed by atoms with Crippen LogP contribution in [0.5, 0.6) is 0 Å². The topological polar surface area (TPSA) is 73.5 Å². The van der Waals surface area contributed by atoms with Crippen LogP contribution >= 0.6 is 0 Å². The maximum atomic E-state index is 12.6. The van der Waals surface area contributed by atoms with E-state index in [2.05, 4.69) is 22.9 Å². The molecule has 3 N–H and O–H groups in total. The molecule has 0 aromatic rings. The molecule has 6 heteroatoms. The molecule has 0 aromatic carbocycles. The van der Waals surface area contributed by atoms with Crippen molar-refractivity contribution in [3.8, 4) is 0 Å². The zero-order valence-corrected chi connectivity index (χ0v) is 15.3. The van der Waals surface area contributed by atoms with Gasteiger partial charge >= 0.3 is 12.1 Å². The van der Waals surface area contributed by atoms with Crippen molar-refractivity contribution in [3.63, 3.8) is 0 Å². The molecule has 0 spiro atoms. The van der Waals surface area contributed by atoms with Gasteiger partial charge in [-0.2, -0.15) is 0 Å². The third-order valence-electron chi connectivity index (χ3n) is 5.72. The van der Waals surface area contributed by atoms with Crippen LogP contribution in [0.4, 0.5) is 9.59 Å². The van der Waals surface area contributed by atoms with Crippen molar-refractivity contribution in [3.05, 3.63) is 0 Å². The van der Waals surface area contributed by atoms with Crippen molar-refractivity contribution in [2.24, 2.45) is 11.8 Å². The number of nitrogens with one attached hydrogen (secondary N) is 3. The van der Waals surface area contributed by atoms with Gasteiger partial charge in [0.2, 0.25) is 0 Å². The Balaban J connectivity index is 1.82. The monoisotopic (exact) mass is 338 g/mol. The molecule has 2 aliphatic rings. The van der Waals surface area contributed by atoms with E-state index in [1.807, 2.05) is 4.90 Å². The quantitative estimate of drug-likeness (QED) is 0.721. The summed E-state index contributed by atoms with van der Waals surface area (Å²) in [6.07, 6.45) is 9.50. The zero-order chi connectivity index (χ0) is 17.4. The fourth-order valence-corrected chi connectivity index (χ4v) is 4.19. The fraction of sp³-hybridized carbons (Fsp3) is 0.889. The normalized spacial score (nSPS) is 27.4. The lowest BCUT2D eigenvalue weighted by molar-refractivity contribution is 0.144. The predicted octanol–water partition coefficient (Wildman–Crippen LogP) is 2.70. The molecule has 1 saturated heterocycles. The number of likely N-dealkylation sites (tertiary alicyclic amines) is 1. The molecule has 1 heterocycles. The van der Waals surface area contributed by atoms with Crippen LogP contribution in [0.25, 0.3) is 0 Å². The van der Waals surface area contributed by atoms with Gasteiger partial charge < -0.3 is 20.9 Å². The van der Waals surface area contributed by atoms with Crippen molar-refractivity contribution in [1.82, 2.24) is 20.9 Å². The molecule has 1 aliphatic heterocycles. The minimum absolute atomic E-state index is 0.0406. The molecule has 0 radical (unpaired) electrons. The van der Waals surface area contributed by atoms with Crippen LogP contribution in [-0.2, 0) is 0 Å². The molecule has 2 rings (SSSR count). The Morgan fingerprint density at radius 1 is 0.958 bits per heavy atom. The largest absolute Gasteiger partial charge is 0.341 e. The van der Waals surface area contributed by atoms with Crippen LogP contribution in [0.2, 0.25) is 0 Å². The fourth-order valence-electron chi connectivity index (χ4n) is 4.19. The second-order valence-electron chi connectivity index (χ2n) is 7.20. The summed E-state index contributed by atoms with van der Waals surface area (Å²) < 4.78 is 0. The Kier molecular flexibility index (Phi) is 7.66. The molecule has 1 saturated carbocycles. The van der Waals surface area contributed by atoms with Gasteiger partial charge in [0.05, 0.1) is 6.04 Å². The molecule has 0 bridgehead atoms. The van der Waals surface area contributed by atoms with Crippen molar-refractivity contribution in [2.45, 2.75) is 64.3 Å². The van der Waals surface area contributed by atoms with Crippen LogP contribution in [0.15, 0.2) is 0 Å². The third kappa shape index (κ3) is 5.28. The molecular formula is C18H34N4O2. The summed E-state index contributed by atoms with van der Waals surface area (Å²) in [5.74, 6) is 1.38. The Morgan fingerprint density at radius 2 is 1.67 bits per heavy atom. The molecule has 0 aromatic heterocycles. The summed E-state index contributed by atoms with van der Waals surface area (Å²) in [5.41, 5.74) is 0. The van der Waals surface area contributed by atoms with Crippen LogP contribution in [0.3, 0.4) is 0 Å². The molecule has 4 amide bonds. The number of urea groups is 2. The highest BCUT2D eigenvalue weighted by Crippen LogP contribution is 2.31. The average molecular weight is 338 g/mol. The van der Waals surface area contributed by atoms with E-state index in [9.17, 15) is 9.59 Å². The van der Waals surface area contributed by atoms with Crippen molar-refractivity contribution >= 4 is 12.1 Å². The van der Waals surface area contributed by atoms with Gasteiger partial charge in [0, 0.05) is 26.7 Å². The standard InChI is InChI=1S/C18H34N4O2/c1-3-14-8-4-5-9-15(14)12-21-18(24)22-11-7-6-10-16(22)13-20-17(23)19-2/h14-16H,3-13H2,1-2H3,(H,21,24)(H2,19,20,23). The highest BCUT2D eigenvalue weighted by Gasteiger charge is 2.29. The van der Waals surface area contributed by atoms with E-state index in [1.54, 1.807) is 7.05 Å². The van der Waals surface area contributed by atoms with E-state index in [4.69, 9.17) is 0 Å². The molecule has 24 heavy (non-hydrogen) atoms. The molecule has 2 fully saturated rings. The summed E-state index contributed by atoms with van der Waals surface area (Å²) in [6.45, 7) is 4.36. The van der Waals surface area contributed by atoms with E-state index in [1.165, 1.54) is 32.1 Å². The first-order valence-electron chi connectivity index (χ1n) is 9.65. The first kappa shape index (κ1) is 18.9. The van der Waals surface area contributed by atoms with E-state index in [0.29, 0.717) is 12.5 Å². The Morgan fingerprint density at radius 3 is 2.38 bits per heavy atom. The maximum absolute atomic E-state index is 12.6. The van der Waals surface area contributed by atoms with E-state index >= 15 is 0 Å². The number of carbonyl (C=O) groups excluding carboxylic acids is 2. The molecule has 6 nitrogen and oxygen atoms in total. The summed E-state index contributed by atoms with van der Waals surface area (Å²) >= 11 is 0. The summed E-state index contributed by atoms with van der Waals surface area (Å²) in [6, 6.07) is -0.0443. The number of rotatable bonds is 5. The molecular weight excluding hydrogens is 304 g/mol. The number of carbonyl (C=O) groups is 2. The minimum atomic E-state index is -0.186. The molecule has 138 valence electrons. The Labute approximate surface area is 146 Å². The van der Waals surface area contributed by atoms with Gasteiger partial charge in [0.1, 0.15) is 0 Å². The molecule has 3 unspecified atom stereocenters. The Hall–Kier alpha value is -1.46. The lowest BCUT2D eigenvalue weighted by Crippen LogP contribution is -2.54. The maximum Gasteiger partial charge on any atom is 0.317 e. The number of amides is 4. The van der Waals surface area contributed by atoms with Crippen molar-refractivity contribution in [1.29, 1.82) is 0 Å². The van der Waals surface area contributed by atoms with E-state index in [-0.39, 0.29) is 18.1 Å². The smallest absolute Gasteiger partial charge is 0.317 e. The third-order valence-corrected chi connectivity index (χ3v) is 5.72. The number of nitrogens with zero attached hydrogens (tertiary/aromatic N) is 1. The summed E-state index contributed by atoms with van der Waals surface area (Å²) in [7, 11) is 1.61. The van der Waals surface area contributed by atoms with Crippen LogP contribution in [0, 0.1) is 11.8 Å². The van der Waals surface area contributed by atoms with Gasteiger partial charge in [-0.15, -0.1) is 0 Å². The van der Waals surface area contributed by atoms with Crippen LogP contribution in [-0.4, -0.2) is 49.7 Å². The zero-order valence-electron chi connectivity index (χ0n) is 15.3.